The number of carbonyl (C=O) groups excluding carboxylic acids is 2. The first-order chi connectivity index (χ1) is 11.0. The molecule has 122 valence electrons. The highest BCUT2D eigenvalue weighted by Gasteiger charge is 2.20. The Morgan fingerprint density at radius 1 is 1.17 bits per heavy atom. The summed E-state index contributed by atoms with van der Waals surface area (Å²) in [6, 6.07) is 11.3. The first-order valence-electron chi connectivity index (χ1n) is 7.66. The van der Waals surface area contributed by atoms with E-state index < -0.39 is 0 Å². The second-order valence-electron chi connectivity index (χ2n) is 5.43. The highest BCUT2D eigenvalue weighted by atomic mass is 16.3. The molecular formula is C18H22N2O3. The first kappa shape index (κ1) is 16.8. The summed E-state index contributed by atoms with van der Waals surface area (Å²) in [6.07, 6.45) is 1.56. The predicted molar refractivity (Wildman–Crippen MR) is 89.0 cm³/mol. The highest BCUT2D eigenvalue weighted by molar-refractivity contribution is 5.96. The number of hydrogen-bond acceptors (Lipinski definition) is 3. The van der Waals surface area contributed by atoms with Crippen molar-refractivity contribution in [3.8, 4) is 0 Å². The third-order valence-electron chi connectivity index (χ3n) is 3.63. The molecule has 1 aromatic carbocycles. The molecule has 0 spiro atoms. The van der Waals surface area contributed by atoms with Crippen molar-refractivity contribution in [3.05, 3.63) is 54.0 Å². The van der Waals surface area contributed by atoms with Gasteiger partial charge in [-0.1, -0.05) is 12.1 Å². The average Bonchev–Trinajstić information content (AvgIpc) is 3.00. The number of rotatable bonds is 6. The van der Waals surface area contributed by atoms with Gasteiger partial charge in [-0.05, 0) is 43.7 Å². The van der Waals surface area contributed by atoms with Crippen LogP contribution in [0.5, 0.6) is 0 Å². The van der Waals surface area contributed by atoms with E-state index in [0.717, 1.165) is 11.3 Å². The summed E-state index contributed by atoms with van der Waals surface area (Å²) in [5.74, 6) is 0.390. The molecule has 0 atom stereocenters. The summed E-state index contributed by atoms with van der Waals surface area (Å²) in [5, 5.41) is 0. The van der Waals surface area contributed by atoms with E-state index in [4.69, 9.17) is 4.42 Å². The van der Waals surface area contributed by atoms with E-state index in [9.17, 15) is 9.59 Å². The van der Waals surface area contributed by atoms with Crippen LogP contribution in [-0.2, 0) is 16.1 Å². The SMILES string of the molecule is CCN(C(=O)CN(Cc1ccco1)C(C)=O)c1cccc(C)c1. The Labute approximate surface area is 136 Å². The maximum absolute atomic E-state index is 12.6. The van der Waals surface area contributed by atoms with E-state index in [1.54, 1.807) is 23.3 Å². The molecule has 0 saturated carbocycles. The van der Waals surface area contributed by atoms with Gasteiger partial charge in [-0.3, -0.25) is 9.59 Å². The molecule has 5 nitrogen and oxygen atoms in total. The highest BCUT2D eigenvalue weighted by Crippen LogP contribution is 2.16. The summed E-state index contributed by atoms with van der Waals surface area (Å²) in [5.41, 5.74) is 1.94. The predicted octanol–water partition coefficient (Wildman–Crippen LogP) is 2.99. The van der Waals surface area contributed by atoms with Crippen molar-refractivity contribution in [3.63, 3.8) is 0 Å². The Morgan fingerprint density at radius 3 is 2.52 bits per heavy atom. The molecule has 0 aliphatic rings. The standard InChI is InChI=1S/C18H22N2O3/c1-4-20(16-8-5-7-14(2)11-16)18(22)13-19(15(3)21)12-17-9-6-10-23-17/h5-11H,4,12-13H2,1-3H3. The van der Waals surface area contributed by atoms with Crippen molar-refractivity contribution in [1.29, 1.82) is 0 Å². The Morgan fingerprint density at radius 2 is 1.96 bits per heavy atom. The van der Waals surface area contributed by atoms with Crippen molar-refractivity contribution < 1.29 is 14.0 Å². The van der Waals surface area contributed by atoms with Gasteiger partial charge < -0.3 is 14.2 Å². The molecule has 0 aliphatic carbocycles. The fourth-order valence-electron chi connectivity index (χ4n) is 2.42. The lowest BCUT2D eigenvalue weighted by Gasteiger charge is -2.26. The van der Waals surface area contributed by atoms with Crippen LogP contribution >= 0.6 is 0 Å². The van der Waals surface area contributed by atoms with Gasteiger partial charge in [0.25, 0.3) is 0 Å². The topological polar surface area (TPSA) is 53.8 Å². The zero-order chi connectivity index (χ0) is 16.8. The maximum Gasteiger partial charge on any atom is 0.246 e. The van der Waals surface area contributed by atoms with Crippen molar-refractivity contribution in [2.24, 2.45) is 0 Å². The van der Waals surface area contributed by atoms with Gasteiger partial charge in [-0.2, -0.15) is 0 Å². The van der Waals surface area contributed by atoms with Gasteiger partial charge >= 0.3 is 0 Å². The van der Waals surface area contributed by atoms with Gasteiger partial charge in [0, 0.05) is 19.2 Å². The van der Waals surface area contributed by atoms with E-state index in [1.807, 2.05) is 38.1 Å². The Hall–Kier alpha value is -2.56. The molecule has 0 saturated heterocycles. The average molecular weight is 314 g/mol. The third-order valence-corrected chi connectivity index (χ3v) is 3.63. The van der Waals surface area contributed by atoms with E-state index in [1.165, 1.54) is 11.8 Å². The molecule has 0 N–H and O–H groups in total. The molecule has 0 fully saturated rings. The fraction of sp³-hybridized carbons (Fsp3) is 0.333. The lowest BCUT2D eigenvalue weighted by molar-refractivity contribution is -0.134. The Balaban J connectivity index is 2.11. The van der Waals surface area contributed by atoms with Crippen molar-refractivity contribution in [2.75, 3.05) is 18.0 Å². The largest absolute Gasteiger partial charge is 0.467 e. The molecule has 0 aliphatic heterocycles. The van der Waals surface area contributed by atoms with Crippen LogP contribution in [0.1, 0.15) is 25.2 Å². The van der Waals surface area contributed by atoms with E-state index in [2.05, 4.69) is 0 Å². The molecule has 2 amide bonds. The van der Waals surface area contributed by atoms with E-state index in [-0.39, 0.29) is 18.4 Å². The van der Waals surface area contributed by atoms with Crippen LogP contribution in [-0.4, -0.2) is 29.8 Å². The monoisotopic (exact) mass is 314 g/mol. The van der Waals surface area contributed by atoms with Crippen LogP contribution in [0.2, 0.25) is 0 Å². The maximum atomic E-state index is 12.6. The van der Waals surface area contributed by atoms with Gasteiger partial charge in [-0.25, -0.2) is 0 Å². The van der Waals surface area contributed by atoms with E-state index >= 15 is 0 Å². The number of amides is 2. The molecular weight excluding hydrogens is 292 g/mol. The zero-order valence-corrected chi connectivity index (χ0v) is 13.8. The zero-order valence-electron chi connectivity index (χ0n) is 13.8. The number of aryl methyl sites for hydroxylation is 1. The van der Waals surface area contributed by atoms with Crippen LogP contribution in [0.4, 0.5) is 5.69 Å². The molecule has 5 heteroatoms. The summed E-state index contributed by atoms with van der Waals surface area (Å²) >= 11 is 0. The minimum Gasteiger partial charge on any atom is -0.467 e. The summed E-state index contributed by atoms with van der Waals surface area (Å²) in [4.78, 5) is 27.6. The van der Waals surface area contributed by atoms with Crippen molar-refractivity contribution in [2.45, 2.75) is 27.3 Å². The smallest absolute Gasteiger partial charge is 0.246 e. The number of hydrogen-bond donors (Lipinski definition) is 0. The Bertz CT molecular complexity index is 665. The molecule has 2 aromatic rings. The van der Waals surface area contributed by atoms with Gasteiger partial charge in [-0.15, -0.1) is 0 Å². The summed E-state index contributed by atoms with van der Waals surface area (Å²) < 4.78 is 5.26. The second kappa shape index (κ2) is 7.63. The van der Waals surface area contributed by atoms with Crippen LogP contribution < -0.4 is 4.90 Å². The minimum absolute atomic E-state index is 0.0256. The van der Waals surface area contributed by atoms with Crippen LogP contribution in [0.3, 0.4) is 0 Å². The van der Waals surface area contributed by atoms with Gasteiger partial charge in [0.1, 0.15) is 12.3 Å². The van der Waals surface area contributed by atoms with Crippen LogP contribution in [0, 0.1) is 6.92 Å². The number of likely N-dealkylation sites (N-methyl/N-ethyl adjacent to an activating group) is 1. The van der Waals surface area contributed by atoms with Crippen molar-refractivity contribution in [1.82, 2.24) is 4.90 Å². The molecule has 0 bridgehead atoms. The molecule has 1 heterocycles. The number of carbonyl (C=O) groups is 2. The molecule has 0 radical (unpaired) electrons. The molecule has 0 unspecified atom stereocenters. The lowest BCUT2D eigenvalue weighted by atomic mass is 10.2. The van der Waals surface area contributed by atoms with E-state index in [0.29, 0.717) is 18.8 Å². The quantitative estimate of drug-likeness (QED) is 0.823. The third kappa shape index (κ3) is 4.45. The fourth-order valence-corrected chi connectivity index (χ4v) is 2.42. The molecule has 1 aromatic heterocycles. The number of nitrogens with zero attached hydrogens (tertiary/aromatic N) is 2. The summed E-state index contributed by atoms with van der Waals surface area (Å²) in [7, 11) is 0. The van der Waals surface area contributed by atoms with Gasteiger partial charge in [0.2, 0.25) is 11.8 Å². The summed E-state index contributed by atoms with van der Waals surface area (Å²) in [6.45, 7) is 6.23. The Kier molecular flexibility index (Phi) is 5.57. The minimum atomic E-state index is -0.157. The molecule has 2 rings (SSSR count). The van der Waals surface area contributed by atoms with Gasteiger partial charge in [0.05, 0.1) is 12.8 Å². The molecule has 23 heavy (non-hydrogen) atoms. The van der Waals surface area contributed by atoms with Gasteiger partial charge in [0.15, 0.2) is 0 Å². The van der Waals surface area contributed by atoms with Crippen LogP contribution in [0.25, 0.3) is 0 Å². The normalized spacial score (nSPS) is 10.4. The number of furan rings is 1. The number of anilines is 1. The van der Waals surface area contributed by atoms with Crippen molar-refractivity contribution >= 4 is 17.5 Å². The van der Waals surface area contributed by atoms with Crippen LogP contribution in [0.15, 0.2) is 47.1 Å². The number of benzene rings is 1. The lowest BCUT2D eigenvalue weighted by Crippen LogP contribution is -2.42. The first-order valence-corrected chi connectivity index (χ1v) is 7.66. The second-order valence-corrected chi connectivity index (χ2v) is 5.43.